The van der Waals surface area contributed by atoms with E-state index < -0.39 is 5.97 Å². The van der Waals surface area contributed by atoms with Crippen LogP contribution in [-0.2, 0) is 17.8 Å². The van der Waals surface area contributed by atoms with Gasteiger partial charge in [-0.3, -0.25) is 0 Å². The minimum Gasteiger partial charge on any atom is -0.465 e. The molecular weight excluding hydrogens is 328 g/mol. The van der Waals surface area contributed by atoms with Crippen molar-refractivity contribution in [2.45, 2.75) is 33.9 Å². The van der Waals surface area contributed by atoms with E-state index in [9.17, 15) is 4.79 Å². The quantitative estimate of drug-likeness (QED) is 0.472. The van der Waals surface area contributed by atoms with Gasteiger partial charge in [0, 0.05) is 17.6 Å². The van der Waals surface area contributed by atoms with Crippen molar-refractivity contribution in [2.75, 3.05) is 13.7 Å². The standard InChI is InChI=1S/C16H22N4O3S/c1-5-17-16(20-9-14-18-7-10(2)24-14)19-8-12-6-13(11(3)23-12)15(21)22-4/h6-7H,5,8-9H2,1-4H3,(H2,17,19,20). The van der Waals surface area contributed by atoms with Crippen LogP contribution >= 0.6 is 11.3 Å². The van der Waals surface area contributed by atoms with Crippen LogP contribution in [0.2, 0.25) is 0 Å². The van der Waals surface area contributed by atoms with E-state index in [0.717, 1.165) is 11.6 Å². The summed E-state index contributed by atoms with van der Waals surface area (Å²) in [5.41, 5.74) is 0.430. The van der Waals surface area contributed by atoms with E-state index in [1.54, 1.807) is 24.3 Å². The summed E-state index contributed by atoms with van der Waals surface area (Å²) >= 11 is 1.65. The largest absolute Gasteiger partial charge is 0.465 e. The number of nitrogens with zero attached hydrogens (tertiary/aromatic N) is 2. The molecule has 2 aromatic heterocycles. The van der Waals surface area contributed by atoms with Crippen molar-refractivity contribution >= 4 is 23.3 Å². The number of methoxy groups -OCH3 is 1. The summed E-state index contributed by atoms with van der Waals surface area (Å²) in [4.78, 5) is 21.6. The highest BCUT2D eigenvalue weighted by Crippen LogP contribution is 2.16. The molecule has 0 aliphatic heterocycles. The molecule has 0 aliphatic carbocycles. The average molecular weight is 350 g/mol. The van der Waals surface area contributed by atoms with Crippen LogP contribution in [0.25, 0.3) is 0 Å². The number of ether oxygens (including phenoxy) is 1. The molecule has 0 aromatic carbocycles. The Balaban J connectivity index is 2.01. The lowest BCUT2D eigenvalue weighted by atomic mass is 10.2. The molecular formula is C16H22N4O3S. The van der Waals surface area contributed by atoms with Crippen molar-refractivity contribution < 1.29 is 13.9 Å². The maximum atomic E-state index is 11.6. The van der Waals surface area contributed by atoms with Gasteiger partial charge in [0.2, 0.25) is 0 Å². The predicted octanol–water partition coefficient (Wildman–Crippen LogP) is 2.39. The van der Waals surface area contributed by atoms with E-state index in [4.69, 9.17) is 9.15 Å². The zero-order chi connectivity index (χ0) is 17.5. The van der Waals surface area contributed by atoms with Crippen molar-refractivity contribution in [3.05, 3.63) is 39.2 Å². The topological polar surface area (TPSA) is 88.8 Å². The lowest BCUT2D eigenvalue weighted by molar-refractivity contribution is 0.0599. The molecule has 7 nitrogen and oxygen atoms in total. The molecule has 2 N–H and O–H groups in total. The van der Waals surface area contributed by atoms with Crippen molar-refractivity contribution in [2.24, 2.45) is 4.99 Å². The number of rotatable bonds is 6. The van der Waals surface area contributed by atoms with Crippen LogP contribution in [0.3, 0.4) is 0 Å². The minimum atomic E-state index is -0.407. The van der Waals surface area contributed by atoms with Crippen molar-refractivity contribution in [3.8, 4) is 0 Å². The van der Waals surface area contributed by atoms with E-state index in [1.165, 1.54) is 12.0 Å². The van der Waals surface area contributed by atoms with Crippen LogP contribution in [0.4, 0.5) is 0 Å². The molecule has 2 heterocycles. The Morgan fingerprint density at radius 2 is 2.21 bits per heavy atom. The second-order valence-corrected chi connectivity index (χ2v) is 6.41. The van der Waals surface area contributed by atoms with Gasteiger partial charge in [-0.15, -0.1) is 11.3 Å². The summed E-state index contributed by atoms with van der Waals surface area (Å²) in [6, 6.07) is 1.67. The summed E-state index contributed by atoms with van der Waals surface area (Å²) < 4.78 is 10.3. The third kappa shape index (κ3) is 4.82. The smallest absolute Gasteiger partial charge is 0.341 e. The van der Waals surface area contributed by atoms with Crippen LogP contribution in [0, 0.1) is 13.8 Å². The third-order valence-corrected chi connectivity index (χ3v) is 4.10. The Labute approximate surface area is 145 Å². The van der Waals surface area contributed by atoms with Crippen LogP contribution in [0.5, 0.6) is 0 Å². The molecule has 2 rings (SSSR count). The first-order valence-electron chi connectivity index (χ1n) is 7.64. The van der Waals surface area contributed by atoms with E-state index in [1.807, 2.05) is 20.0 Å². The van der Waals surface area contributed by atoms with Crippen molar-refractivity contribution in [3.63, 3.8) is 0 Å². The average Bonchev–Trinajstić information content (AvgIpc) is 3.15. The van der Waals surface area contributed by atoms with Crippen LogP contribution in [-0.4, -0.2) is 30.6 Å². The second-order valence-electron chi connectivity index (χ2n) is 5.09. The van der Waals surface area contributed by atoms with Gasteiger partial charge >= 0.3 is 5.97 Å². The number of nitrogens with one attached hydrogen (secondary N) is 2. The first kappa shape index (κ1) is 18.0. The van der Waals surface area contributed by atoms with Gasteiger partial charge in [0.05, 0.1) is 13.7 Å². The second kappa shape index (κ2) is 8.49. The highest BCUT2D eigenvalue weighted by molar-refractivity contribution is 7.11. The monoisotopic (exact) mass is 350 g/mol. The van der Waals surface area contributed by atoms with Crippen molar-refractivity contribution in [1.82, 2.24) is 15.6 Å². The molecule has 0 spiro atoms. The highest BCUT2D eigenvalue weighted by atomic mass is 32.1. The third-order valence-electron chi connectivity index (χ3n) is 3.19. The Kier molecular flexibility index (Phi) is 6.36. The maximum absolute atomic E-state index is 11.6. The highest BCUT2D eigenvalue weighted by Gasteiger charge is 2.15. The summed E-state index contributed by atoms with van der Waals surface area (Å²) in [5, 5.41) is 7.40. The van der Waals surface area contributed by atoms with E-state index in [0.29, 0.717) is 36.1 Å². The number of carbonyl (C=O) groups is 1. The Morgan fingerprint density at radius 3 is 2.83 bits per heavy atom. The number of furan rings is 1. The number of thiazole rings is 1. The molecule has 8 heteroatoms. The number of aliphatic imine (C=N–C) groups is 1. The van der Waals surface area contributed by atoms with Gasteiger partial charge in [0.25, 0.3) is 0 Å². The Hall–Kier alpha value is -2.35. The molecule has 0 unspecified atom stereocenters. The molecule has 0 saturated heterocycles. The zero-order valence-corrected chi connectivity index (χ0v) is 15.1. The van der Waals surface area contributed by atoms with Gasteiger partial charge in [-0.2, -0.15) is 0 Å². The van der Waals surface area contributed by atoms with Crippen molar-refractivity contribution in [1.29, 1.82) is 0 Å². The number of carbonyl (C=O) groups excluding carboxylic acids is 1. The molecule has 0 bridgehead atoms. The molecule has 0 amide bonds. The maximum Gasteiger partial charge on any atom is 0.341 e. The van der Waals surface area contributed by atoms with Crippen LogP contribution in [0.15, 0.2) is 21.7 Å². The van der Waals surface area contributed by atoms with Gasteiger partial charge in [0.15, 0.2) is 5.96 Å². The normalized spacial score (nSPS) is 11.4. The lowest BCUT2D eigenvalue weighted by Gasteiger charge is -2.09. The van der Waals surface area contributed by atoms with Gasteiger partial charge in [0.1, 0.15) is 28.6 Å². The van der Waals surface area contributed by atoms with E-state index in [-0.39, 0.29) is 0 Å². The SMILES string of the molecule is CCNC(=NCc1cc(C(=O)OC)c(C)o1)NCc1ncc(C)s1. The van der Waals surface area contributed by atoms with Gasteiger partial charge < -0.3 is 19.8 Å². The first-order valence-corrected chi connectivity index (χ1v) is 8.46. The molecule has 0 saturated carbocycles. The fraction of sp³-hybridized carbons (Fsp3) is 0.438. The fourth-order valence-corrected chi connectivity index (χ4v) is 2.80. The Morgan fingerprint density at radius 1 is 1.42 bits per heavy atom. The molecule has 0 radical (unpaired) electrons. The minimum absolute atomic E-state index is 0.323. The molecule has 2 aromatic rings. The molecule has 0 aliphatic rings. The van der Waals surface area contributed by atoms with E-state index in [2.05, 4.69) is 20.6 Å². The predicted molar refractivity (Wildman–Crippen MR) is 93.3 cm³/mol. The molecule has 0 fully saturated rings. The van der Waals surface area contributed by atoms with Gasteiger partial charge in [-0.05, 0) is 26.8 Å². The van der Waals surface area contributed by atoms with Gasteiger partial charge in [-0.25, -0.2) is 14.8 Å². The number of aryl methyl sites for hydroxylation is 2. The summed E-state index contributed by atoms with van der Waals surface area (Å²) in [7, 11) is 1.35. The fourth-order valence-electron chi connectivity index (χ4n) is 2.08. The number of aromatic nitrogens is 1. The molecule has 0 atom stereocenters. The van der Waals surface area contributed by atoms with Gasteiger partial charge in [-0.1, -0.05) is 0 Å². The number of esters is 1. The summed E-state index contributed by atoms with van der Waals surface area (Å²) in [6.45, 7) is 7.43. The lowest BCUT2D eigenvalue weighted by Crippen LogP contribution is -2.36. The summed E-state index contributed by atoms with van der Waals surface area (Å²) in [6.07, 6.45) is 1.85. The van der Waals surface area contributed by atoms with Crippen LogP contribution < -0.4 is 10.6 Å². The molecule has 24 heavy (non-hydrogen) atoms. The zero-order valence-electron chi connectivity index (χ0n) is 14.3. The van der Waals surface area contributed by atoms with Crippen LogP contribution in [0.1, 0.15) is 38.7 Å². The number of hydrogen-bond acceptors (Lipinski definition) is 6. The number of hydrogen-bond donors (Lipinski definition) is 2. The van der Waals surface area contributed by atoms with E-state index >= 15 is 0 Å². The Bertz CT molecular complexity index is 721. The number of guanidine groups is 1. The molecule has 130 valence electrons. The summed E-state index contributed by atoms with van der Waals surface area (Å²) in [5.74, 6) is 1.40. The first-order chi connectivity index (χ1) is 11.5.